The van der Waals surface area contributed by atoms with Gasteiger partial charge in [-0.1, -0.05) is 0 Å². The lowest BCUT2D eigenvalue weighted by atomic mass is 9.58. The molecule has 2 aliphatic rings. The van der Waals surface area contributed by atoms with Crippen molar-refractivity contribution in [1.29, 1.82) is 0 Å². The number of hydrogen-bond acceptors (Lipinski definition) is 7. The standard InChI is InChI=1S/C17H27N3O4/c1-4-24-13-9-12(21)17(13)5-7-20(8-6-17)15-10-16(23-3)19-14(18-15)11-22-2/h10,12-13,21H,4-9,11H2,1-3H3. The van der Waals surface area contributed by atoms with Crippen LogP contribution >= 0.6 is 0 Å². The molecule has 134 valence electrons. The Kier molecular flexibility index (Phi) is 5.22. The van der Waals surface area contributed by atoms with Crippen LogP contribution in [-0.4, -0.2) is 61.2 Å². The minimum atomic E-state index is -0.250. The van der Waals surface area contributed by atoms with Gasteiger partial charge in [-0.15, -0.1) is 0 Å². The molecule has 1 aromatic heterocycles. The van der Waals surface area contributed by atoms with Crippen LogP contribution in [-0.2, 0) is 16.1 Å². The van der Waals surface area contributed by atoms with Gasteiger partial charge in [0, 0.05) is 44.7 Å². The molecule has 1 aliphatic heterocycles. The molecule has 1 spiro atoms. The van der Waals surface area contributed by atoms with Gasteiger partial charge in [0.2, 0.25) is 5.88 Å². The Hall–Kier alpha value is -1.44. The van der Waals surface area contributed by atoms with Crippen molar-refractivity contribution < 1.29 is 19.3 Å². The van der Waals surface area contributed by atoms with E-state index >= 15 is 0 Å². The largest absolute Gasteiger partial charge is 0.481 e. The summed E-state index contributed by atoms with van der Waals surface area (Å²) in [7, 11) is 3.23. The predicted molar refractivity (Wildman–Crippen MR) is 89.2 cm³/mol. The average molecular weight is 337 g/mol. The second-order valence-corrected chi connectivity index (χ2v) is 6.53. The molecule has 7 heteroatoms. The van der Waals surface area contributed by atoms with E-state index in [1.54, 1.807) is 14.2 Å². The van der Waals surface area contributed by atoms with Crippen molar-refractivity contribution in [2.75, 3.05) is 38.8 Å². The van der Waals surface area contributed by atoms with E-state index in [1.165, 1.54) is 0 Å². The van der Waals surface area contributed by atoms with Crippen LogP contribution in [0.15, 0.2) is 6.07 Å². The van der Waals surface area contributed by atoms with Crippen molar-refractivity contribution in [3.63, 3.8) is 0 Å². The molecular weight excluding hydrogens is 310 g/mol. The fraction of sp³-hybridized carbons (Fsp3) is 0.765. The van der Waals surface area contributed by atoms with E-state index in [2.05, 4.69) is 14.9 Å². The first-order valence-electron chi connectivity index (χ1n) is 8.58. The topological polar surface area (TPSA) is 76.9 Å². The quantitative estimate of drug-likeness (QED) is 0.840. The van der Waals surface area contributed by atoms with Crippen LogP contribution in [0.5, 0.6) is 5.88 Å². The zero-order valence-electron chi connectivity index (χ0n) is 14.7. The van der Waals surface area contributed by atoms with E-state index in [1.807, 2.05) is 13.0 Å². The Morgan fingerprint density at radius 1 is 1.29 bits per heavy atom. The molecule has 1 saturated heterocycles. The van der Waals surface area contributed by atoms with Gasteiger partial charge in [0.15, 0.2) is 5.82 Å². The van der Waals surface area contributed by atoms with Gasteiger partial charge in [-0.25, -0.2) is 4.98 Å². The molecule has 1 saturated carbocycles. The van der Waals surface area contributed by atoms with E-state index in [0.29, 0.717) is 24.9 Å². The number of piperidine rings is 1. The van der Waals surface area contributed by atoms with Gasteiger partial charge in [-0.2, -0.15) is 4.98 Å². The summed E-state index contributed by atoms with van der Waals surface area (Å²) in [6, 6.07) is 1.86. The zero-order chi connectivity index (χ0) is 17.2. The molecule has 2 unspecified atom stereocenters. The highest BCUT2D eigenvalue weighted by Gasteiger charge is 2.56. The minimum Gasteiger partial charge on any atom is -0.481 e. The van der Waals surface area contributed by atoms with Gasteiger partial charge in [0.05, 0.1) is 19.3 Å². The maximum atomic E-state index is 10.3. The molecule has 0 aromatic carbocycles. The highest BCUT2D eigenvalue weighted by molar-refractivity contribution is 5.42. The first-order valence-corrected chi connectivity index (χ1v) is 8.58. The van der Waals surface area contributed by atoms with E-state index in [4.69, 9.17) is 14.2 Å². The number of nitrogens with zero attached hydrogens (tertiary/aromatic N) is 3. The van der Waals surface area contributed by atoms with Crippen LogP contribution in [0, 0.1) is 5.41 Å². The van der Waals surface area contributed by atoms with Gasteiger partial charge < -0.3 is 24.2 Å². The first-order chi connectivity index (χ1) is 11.6. The monoisotopic (exact) mass is 337 g/mol. The molecule has 2 atom stereocenters. The first kappa shape index (κ1) is 17.4. The molecular formula is C17H27N3O4. The maximum Gasteiger partial charge on any atom is 0.218 e. The average Bonchev–Trinajstić information content (AvgIpc) is 2.61. The second-order valence-electron chi connectivity index (χ2n) is 6.53. The van der Waals surface area contributed by atoms with Crippen molar-refractivity contribution in [3.05, 3.63) is 11.9 Å². The fourth-order valence-electron chi connectivity index (χ4n) is 3.89. The van der Waals surface area contributed by atoms with Gasteiger partial charge in [0.25, 0.3) is 0 Å². The summed E-state index contributed by atoms with van der Waals surface area (Å²) in [5.74, 6) is 2.01. The van der Waals surface area contributed by atoms with Crippen molar-refractivity contribution in [3.8, 4) is 5.88 Å². The normalized spacial score (nSPS) is 25.6. The summed E-state index contributed by atoms with van der Waals surface area (Å²) in [6.07, 6.45) is 2.51. The number of methoxy groups -OCH3 is 2. The van der Waals surface area contributed by atoms with Crippen LogP contribution in [0.1, 0.15) is 32.0 Å². The SMILES string of the molecule is CCOC1CC(O)C12CCN(c1cc(OC)nc(COC)n1)CC2. The minimum absolute atomic E-state index is 0.0843. The number of rotatable bonds is 6. The van der Waals surface area contributed by atoms with Gasteiger partial charge in [0.1, 0.15) is 12.4 Å². The summed E-state index contributed by atoms with van der Waals surface area (Å²) < 4.78 is 16.2. The molecule has 1 aliphatic carbocycles. The third-order valence-electron chi connectivity index (χ3n) is 5.35. The van der Waals surface area contributed by atoms with Crippen molar-refractivity contribution in [2.24, 2.45) is 5.41 Å². The Balaban J connectivity index is 1.71. The fourth-order valence-corrected chi connectivity index (χ4v) is 3.89. The summed E-state index contributed by atoms with van der Waals surface area (Å²) in [4.78, 5) is 11.1. The number of anilines is 1. The summed E-state index contributed by atoms with van der Waals surface area (Å²) in [5.41, 5.74) is -0.0843. The number of ether oxygens (including phenoxy) is 3. The molecule has 3 rings (SSSR count). The highest BCUT2D eigenvalue weighted by Crippen LogP contribution is 2.51. The molecule has 0 radical (unpaired) electrons. The molecule has 1 aromatic rings. The molecule has 0 bridgehead atoms. The van der Waals surface area contributed by atoms with Crippen LogP contribution < -0.4 is 9.64 Å². The lowest BCUT2D eigenvalue weighted by Crippen LogP contribution is -2.62. The summed E-state index contributed by atoms with van der Waals surface area (Å²) in [5, 5.41) is 10.3. The Morgan fingerprint density at radius 2 is 2.04 bits per heavy atom. The zero-order valence-corrected chi connectivity index (χ0v) is 14.7. The molecule has 24 heavy (non-hydrogen) atoms. The van der Waals surface area contributed by atoms with E-state index in [0.717, 1.165) is 38.2 Å². The molecule has 7 nitrogen and oxygen atoms in total. The summed E-state index contributed by atoms with van der Waals surface area (Å²) >= 11 is 0. The Morgan fingerprint density at radius 3 is 2.62 bits per heavy atom. The predicted octanol–water partition coefficient (Wildman–Crippen LogP) is 1.39. The van der Waals surface area contributed by atoms with Crippen molar-refractivity contribution >= 4 is 5.82 Å². The Bertz CT molecular complexity index is 559. The lowest BCUT2D eigenvalue weighted by Gasteiger charge is -2.56. The van der Waals surface area contributed by atoms with Crippen molar-refractivity contribution in [1.82, 2.24) is 9.97 Å². The third kappa shape index (κ3) is 3.08. The van der Waals surface area contributed by atoms with E-state index in [9.17, 15) is 5.11 Å². The van der Waals surface area contributed by atoms with Crippen LogP contribution in [0.2, 0.25) is 0 Å². The molecule has 0 amide bonds. The molecule has 1 N–H and O–H groups in total. The lowest BCUT2D eigenvalue weighted by molar-refractivity contribution is -0.199. The third-order valence-corrected chi connectivity index (χ3v) is 5.35. The Labute approximate surface area is 142 Å². The second kappa shape index (κ2) is 7.21. The smallest absolute Gasteiger partial charge is 0.218 e. The molecule has 2 heterocycles. The number of aliphatic hydroxyl groups excluding tert-OH is 1. The van der Waals surface area contributed by atoms with E-state index < -0.39 is 0 Å². The van der Waals surface area contributed by atoms with Crippen LogP contribution in [0.4, 0.5) is 5.82 Å². The number of aliphatic hydroxyl groups is 1. The highest BCUT2D eigenvalue weighted by atomic mass is 16.5. The van der Waals surface area contributed by atoms with Crippen LogP contribution in [0.25, 0.3) is 0 Å². The number of aromatic nitrogens is 2. The van der Waals surface area contributed by atoms with Gasteiger partial charge >= 0.3 is 0 Å². The summed E-state index contributed by atoms with van der Waals surface area (Å²) in [6.45, 7) is 4.75. The van der Waals surface area contributed by atoms with Crippen LogP contribution in [0.3, 0.4) is 0 Å². The van der Waals surface area contributed by atoms with Crippen molar-refractivity contribution in [2.45, 2.75) is 45.0 Å². The van der Waals surface area contributed by atoms with E-state index in [-0.39, 0.29) is 17.6 Å². The molecule has 2 fully saturated rings. The van der Waals surface area contributed by atoms with Gasteiger partial charge in [-0.05, 0) is 19.8 Å². The number of hydrogen-bond donors (Lipinski definition) is 1. The maximum absolute atomic E-state index is 10.3. The van der Waals surface area contributed by atoms with Gasteiger partial charge in [-0.3, -0.25) is 0 Å².